The molecule has 1 aromatic heterocycles. The average Bonchev–Trinajstić information content (AvgIpc) is 2.82. The van der Waals surface area contributed by atoms with Gasteiger partial charge in [-0.2, -0.15) is 0 Å². The van der Waals surface area contributed by atoms with Crippen molar-refractivity contribution in [3.05, 3.63) is 53.6 Å². The molecule has 0 saturated heterocycles. The smallest absolute Gasteiger partial charge is 0.257 e. The molecule has 0 radical (unpaired) electrons. The summed E-state index contributed by atoms with van der Waals surface area (Å²) < 4.78 is 26.6. The van der Waals surface area contributed by atoms with Crippen LogP contribution in [-0.2, 0) is 6.42 Å². The number of nitrogens with zero attached hydrogens (tertiary/aromatic N) is 1. The van der Waals surface area contributed by atoms with Crippen LogP contribution < -0.4 is 5.32 Å². The van der Waals surface area contributed by atoms with E-state index in [1.807, 2.05) is 0 Å². The van der Waals surface area contributed by atoms with Gasteiger partial charge in [0.15, 0.2) is 0 Å². The number of carbonyl (C=O) groups is 1. The molecule has 0 spiro atoms. The molecule has 18 heavy (non-hydrogen) atoms. The maximum absolute atomic E-state index is 13.3. The number of aromatic nitrogens is 2. The number of halogens is 2. The van der Waals surface area contributed by atoms with Crippen LogP contribution >= 0.6 is 0 Å². The first kappa shape index (κ1) is 12.2. The van der Waals surface area contributed by atoms with Gasteiger partial charge in [-0.15, -0.1) is 0 Å². The Bertz CT molecular complexity index is 520. The highest BCUT2D eigenvalue weighted by Gasteiger charge is 2.16. The third-order valence-corrected chi connectivity index (χ3v) is 2.42. The summed E-state index contributed by atoms with van der Waals surface area (Å²) in [5.41, 5.74) is 0.284. The van der Waals surface area contributed by atoms with E-state index in [4.69, 9.17) is 0 Å². The zero-order valence-electron chi connectivity index (χ0n) is 9.41. The number of imidazole rings is 1. The standard InChI is InChI=1S/C12H11F2N3O/c13-9-2-1-3-10(14)11(9)12(18)16-5-4-8-6-15-7-17-8/h1-3,6-7H,4-5H2,(H,15,17)(H,16,18). The number of hydrogen-bond donors (Lipinski definition) is 2. The van der Waals surface area contributed by atoms with Gasteiger partial charge in [0.05, 0.1) is 6.33 Å². The molecular formula is C12H11F2N3O. The minimum atomic E-state index is -0.867. The Morgan fingerprint density at radius 3 is 2.67 bits per heavy atom. The molecule has 1 aromatic carbocycles. The predicted molar refractivity (Wildman–Crippen MR) is 61.0 cm³/mol. The quantitative estimate of drug-likeness (QED) is 0.868. The van der Waals surface area contributed by atoms with Crippen LogP contribution in [0.1, 0.15) is 16.1 Å². The molecule has 94 valence electrons. The second-order valence-electron chi connectivity index (χ2n) is 3.68. The first-order chi connectivity index (χ1) is 8.68. The summed E-state index contributed by atoms with van der Waals surface area (Å²) >= 11 is 0. The summed E-state index contributed by atoms with van der Waals surface area (Å²) in [7, 11) is 0. The first-order valence-electron chi connectivity index (χ1n) is 5.38. The zero-order valence-corrected chi connectivity index (χ0v) is 9.41. The molecule has 0 fully saturated rings. The molecule has 6 heteroatoms. The van der Waals surface area contributed by atoms with Crippen LogP contribution in [0.4, 0.5) is 8.78 Å². The maximum Gasteiger partial charge on any atom is 0.257 e. The number of hydrogen-bond acceptors (Lipinski definition) is 2. The molecule has 4 nitrogen and oxygen atoms in total. The van der Waals surface area contributed by atoms with Gasteiger partial charge in [-0.3, -0.25) is 4.79 Å². The van der Waals surface area contributed by atoms with Crippen molar-refractivity contribution < 1.29 is 13.6 Å². The Balaban J connectivity index is 1.96. The predicted octanol–water partition coefficient (Wildman–Crippen LogP) is 1.66. The fourth-order valence-corrected chi connectivity index (χ4v) is 1.54. The van der Waals surface area contributed by atoms with Crippen molar-refractivity contribution in [1.29, 1.82) is 0 Å². The molecule has 1 heterocycles. The number of amides is 1. The van der Waals surface area contributed by atoms with Crippen molar-refractivity contribution in [1.82, 2.24) is 15.3 Å². The normalized spacial score (nSPS) is 10.3. The van der Waals surface area contributed by atoms with Gasteiger partial charge in [-0.25, -0.2) is 13.8 Å². The van der Waals surface area contributed by atoms with Crippen molar-refractivity contribution in [3.8, 4) is 0 Å². The van der Waals surface area contributed by atoms with E-state index in [0.29, 0.717) is 6.42 Å². The van der Waals surface area contributed by atoms with Crippen LogP contribution in [0.3, 0.4) is 0 Å². The van der Waals surface area contributed by atoms with E-state index >= 15 is 0 Å². The van der Waals surface area contributed by atoms with Gasteiger partial charge in [0.1, 0.15) is 17.2 Å². The maximum atomic E-state index is 13.3. The minimum Gasteiger partial charge on any atom is -0.351 e. The van der Waals surface area contributed by atoms with E-state index in [0.717, 1.165) is 17.8 Å². The fraction of sp³-hybridized carbons (Fsp3) is 0.167. The van der Waals surface area contributed by atoms with Crippen molar-refractivity contribution in [3.63, 3.8) is 0 Å². The summed E-state index contributed by atoms with van der Waals surface area (Å²) in [4.78, 5) is 18.3. The number of nitrogens with one attached hydrogen (secondary N) is 2. The van der Waals surface area contributed by atoms with Crippen LogP contribution in [0.15, 0.2) is 30.7 Å². The lowest BCUT2D eigenvalue weighted by atomic mass is 10.2. The average molecular weight is 251 g/mol. The van der Waals surface area contributed by atoms with Crippen molar-refractivity contribution in [2.75, 3.05) is 6.54 Å². The fourth-order valence-electron chi connectivity index (χ4n) is 1.54. The summed E-state index contributed by atoms with van der Waals surface area (Å²) in [6.07, 6.45) is 3.66. The molecule has 0 aliphatic rings. The molecule has 2 rings (SSSR count). The van der Waals surface area contributed by atoms with Gasteiger partial charge in [-0.1, -0.05) is 6.07 Å². The van der Waals surface area contributed by atoms with Crippen molar-refractivity contribution in [2.45, 2.75) is 6.42 Å². The Hall–Kier alpha value is -2.24. The highest BCUT2D eigenvalue weighted by molar-refractivity contribution is 5.94. The van der Waals surface area contributed by atoms with Crippen molar-refractivity contribution >= 4 is 5.91 Å². The van der Waals surface area contributed by atoms with Crippen LogP contribution in [0.25, 0.3) is 0 Å². The molecular weight excluding hydrogens is 240 g/mol. The van der Waals surface area contributed by atoms with E-state index in [9.17, 15) is 13.6 Å². The molecule has 0 unspecified atom stereocenters. The van der Waals surface area contributed by atoms with Gasteiger partial charge < -0.3 is 10.3 Å². The number of benzene rings is 1. The Morgan fingerprint density at radius 2 is 2.06 bits per heavy atom. The Morgan fingerprint density at radius 1 is 1.33 bits per heavy atom. The summed E-state index contributed by atoms with van der Waals surface area (Å²) in [5, 5.41) is 2.45. The molecule has 0 aliphatic heterocycles. The van der Waals surface area contributed by atoms with Gasteiger partial charge >= 0.3 is 0 Å². The number of rotatable bonds is 4. The molecule has 2 aromatic rings. The summed E-state index contributed by atoms with van der Waals surface area (Å²) in [6.45, 7) is 0.273. The third-order valence-electron chi connectivity index (χ3n) is 2.42. The second-order valence-corrected chi connectivity index (χ2v) is 3.68. The lowest BCUT2D eigenvalue weighted by molar-refractivity contribution is 0.0945. The number of H-pyrrole nitrogens is 1. The van der Waals surface area contributed by atoms with Gasteiger partial charge in [0.25, 0.3) is 5.91 Å². The van der Waals surface area contributed by atoms with Gasteiger partial charge in [0, 0.05) is 24.9 Å². The zero-order chi connectivity index (χ0) is 13.0. The van der Waals surface area contributed by atoms with E-state index < -0.39 is 23.1 Å². The van der Waals surface area contributed by atoms with E-state index in [2.05, 4.69) is 15.3 Å². The largest absolute Gasteiger partial charge is 0.351 e. The van der Waals surface area contributed by atoms with Crippen LogP contribution in [0.5, 0.6) is 0 Å². The van der Waals surface area contributed by atoms with E-state index in [-0.39, 0.29) is 6.54 Å². The van der Waals surface area contributed by atoms with Crippen molar-refractivity contribution in [2.24, 2.45) is 0 Å². The molecule has 0 atom stereocenters. The lowest BCUT2D eigenvalue weighted by Gasteiger charge is -2.06. The van der Waals surface area contributed by atoms with Crippen LogP contribution in [0, 0.1) is 11.6 Å². The monoisotopic (exact) mass is 251 g/mol. The van der Waals surface area contributed by atoms with Gasteiger partial charge in [0.2, 0.25) is 0 Å². The van der Waals surface area contributed by atoms with Gasteiger partial charge in [-0.05, 0) is 12.1 Å². The lowest BCUT2D eigenvalue weighted by Crippen LogP contribution is -2.27. The second kappa shape index (κ2) is 5.39. The number of carbonyl (C=O) groups excluding carboxylic acids is 1. The third kappa shape index (κ3) is 2.71. The molecule has 1 amide bonds. The Kier molecular flexibility index (Phi) is 3.66. The highest BCUT2D eigenvalue weighted by atomic mass is 19.1. The van der Waals surface area contributed by atoms with Crippen LogP contribution in [0.2, 0.25) is 0 Å². The topological polar surface area (TPSA) is 57.8 Å². The Labute approximate surface area is 102 Å². The SMILES string of the molecule is O=C(NCCc1cnc[nH]1)c1c(F)cccc1F. The molecule has 0 aliphatic carbocycles. The summed E-state index contributed by atoms with van der Waals surface area (Å²) in [6, 6.07) is 3.31. The summed E-state index contributed by atoms with van der Waals surface area (Å²) in [5.74, 6) is -2.49. The van der Waals surface area contributed by atoms with Crippen LogP contribution in [-0.4, -0.2) is 22.4 Å². The highest BCUT2D eigenvalue weighted by Crippen LogP contribution is 2.11. The molecule has 0 saturated carbocycles. The van der Waals surface area contributed by atoms with E-state index in [1.54, 1.807) is 6.20 Å². The minimum absolute atomic E-state index is 0.273. The first-order valence-corrected chi connectivity index (χ1v) is 5.38. The molecule has 0 bridgehead atoms. The van der Waals surface area contributed by atoms with E-state index in [1.165, 1.54) is 12.4 Å². The number of aromatic amines is 1. The molecule has 2 N–H and O–H groups in total.